The molecule has 1 aromatic rings. The molecule has 0 heterocycles. The van der Waals surface area contributed by atoms with E-state index < -0.39 is 5.97 Å². The SMILES string of the molecule is O=C(O)c1ccc(I)c(OCOCC2CC2)c1. The molecule has 1 aliphatic rings. The molecule has 17 heavy (non-hydrogen) atoms. The van der Waals surface area contributed by atoms with E-state index in [1.54, 1.807) is 12.1 Å². The molecule has 0 amide bonds. The fourth-order valence-corrected chi connectivity index (χ4v) is 1.84. The van der Waals surface area contributed by atoms with Gasteiger partial charge < -0.3 is 14.6 Å². The Kier molecular flexibility index (Phi) is 4.22. The lowest BCUT2D eigenvalue weighted by atomic mass is 10.2. The summed E-state index contributed by atoms with van der Waals surface area (Å²) in [5, 5.41) is 8.86. The smallest absolute Gasteiger partial charge is 0.335 e. The van der Waals surface area contributed by atoms with E-state index in [1.807, 2.05) is 0 Å². The van der Waals surface area contributed by atoms with E-state index in [9.17, 15) is 4.79 Å². The highest BCUT2D eigenvalue weighted by molar-refractivity contribution is 14.1. The van der Waals surface area contributed by atoms with Crippen LogP contribution in [0.25, 0.3) is 0 Å². The summed E-state index contributed by atoms with van der Waals surface area (Å²) in [6.07, 6.45) is 2.48. The molecule has 1 saturated carbocycles. The standard InChI is InChI=1S/C12H13IO4/c13-10-4-3-9(12(14)15)5-11(10)17-7-16-6-8-1-2-8/h3-5,8H,1-2,6-7H2,(H,14,15). The van der Waals surface area contributed by atoms with Gasteiger partial charge in [-0.2, -0.15) is 0 Å². The molecule has 1 aromatic carbocycles. The van der Waals surface area contributed by atoms with Crippen molar-refractivity contribution in [3.63, 3.8) is 0 Å². The first-order chi connectivity index (χ1) is 8.16. The minimum absolute atomic E-state index is 0.176. The van der Waals surface area contributed by atoms with Crippen LogP contribution in [0.3, 0.4) is 0 Å². The molecule has 0 bridgehead atoms. The van der Waals surface area contributed by atoms with Crippen LogP contribution in [0.2, 0.25) is 0 Å². The summed E-state index contributed by atoms with van der Waals surface area (Å²) >= 11 is 2.10. The zero-order valence-electron chi connectivity index (χ0n) is 9.19. The molecule has 0 spiro atoms. The number of hydrogen-bond acceptors (Lipinski definition) is 3. The number of ether oxygens (including phenoxy) is 2. The number of carboxylic acid groups (broad SMARTS) is 1. The lowest BCUT2D eigenvalue weighted by molar-refractivity contribution is 0.00941. The number of aromatic carboxylic acids is 1. The van der Waals surface area contributed by atoms with Gasteiger partial charge in [0.05, 0.1) is 15.7 Å². The molecule has 4 nitrogen and oxygen atoms in total. The van der Waals surface area contributed by atoms with Gasteiger partial charge in [-0.15, -0.1) is 0 Å². The molecule has 1 N–H and O–H groups in total. The van der Waals surface area contributed by atoms with Gasteiger partial charge in [0, 0.05) is 0 Å². The first-order valence-corrected chi connectivity index (χ1v) is 6.48. The highest BCUT2D eigenvalue weighted by atomic mass is 127. The van der Waals surface area contributed by atoms with Crippen LogP contribution in [-0.4, -0.2) is 24.5 Å². The van der Waals surface area contributed by atoms with Crippen LogP contribution in [-0.2, 0) is 4.74 Å². The first-order valence-electron chi connectivity index (χ1n) is 5.40. The van der Waals surface area contributed by atoms with Crippen molar-refractivity contribution in [2.24, 2.45) is 5.92 Å². The van der Waals surface area contributed by atoms with Crippen molar-refractivity contribution >= 4 is 28.6 Å². The zero-order chi connectivity index (χ0) is 12.3. The number of carboxylic acids is 1. The van der Waals surface area contributed by atoms with Gasteiger partial charge in [-0.1, -0.05) is 0 Å². The van der Waals surface area contributed by atoms with Crippen molar-refractivity contribution < 1.29 is 19.4 Å². The number of rotatable bonds is 6. The van der Waals surface area contributed by atoms with Crippen LogP contribution in [0.5, 0.6) is 5.75 Å². The third kappa shape index (κ3) is 3.85. The van der Waals surface area contributed by atoms with Crippen LogP contribution in [0, 0.1) is 9.49 Å². The Labute approximate surface area is 113 Å². The maximum atomic E-state index is 10.8. The van der Waals surface area contributed by atoms with Crippen LogP contribution in [0.1, 0.15) is 23.2 Å². The molecule has 0 atom stereocenters. The minimum atomic E-state index is -0.954. The quantitative estimate of drug-likeness (QED) is 0.488. The second-order valence-electron chi connectivity index (χ2n) is 4.03. The van der Waals surface area contributed by atoms with Gasteiger partial charge in [0.1, 0.15) is 5.75 Å². The van der Waals surface area contributed by atoms with Crippen molar-refractivity contribution in [3.05, 3.63) is 27.3 Å². The molecule has 2 rings (SSSR count). The summed E-state index contributed by atoms with van der Waals surface area (Å²) < 4.78 is 11.6. The number of carbonyl (C=O) groups is 1. The van der Waals surface area contributed by atoms with Crippen LogP contribution < -0.4 is 4.74 Å². The van der Waals surface area contributed by atoms with Gasteiger partial charge in [-0.05, 0) is 59.5 Å². The third-order valence-corrected chi connectivity index (χ3v) is 3.42. The van der Waals surface area contributed by atoms with E-state index in [4.69, 9.17) is 14.6 Å². The molecule has 0 saturated heterocycles. The van der Waals surface area contributed by atoms with Gasteiger partial charge in [0.15, 0.2) is 6.79 Å². The van der Waals surface area contributed by atoms with Crippen molar-refractivity contribution in [2.45, 2.75) is 12.8 Å². The fourth-order valence-electron chi connectivity index (χ4n) is 1.35. The van der Waals surface area contributed by atoms with E-state index in [0.29, 0.717) is 11.7 Å². The second-order valence-corrected chi connectivity index (χ2v) is 5.19. The largest absolute Gasteiger partial charge is 0.478 e. The van der Waals surface area contributed by atoms with E-state index in [0.717, 1.165) is 10.2 Å². The maximum Gasteiger partial charge on any atom is 0.335 e. The Morgan fingerprint density at radius 1 is 1.47 bits per heavy atom. The predicted octanol–water partition coefficient (Wildman–Crippen LogP) is 2.75. The lowest BCUT2D eigenvalue weighted by Gasteiger charge is -2.09. The zero-order valence-corrected chi connectivity index (χ0v) is 11.3. The second kappa shape index (κ2) is 5.68. The molecule has 92 valence electrons. The van der Waals surface area contributed by atoms with Gasteiger partial charge >= 0.3 is 5.97 Å². The number of halogens is 1. The van der Waals surface area contributed by atoms with Crippen molar-refractivity contribution in [2.75, 3.05) is 13.4 Å². The van der Waals surface area contributed by atoms with E-state index in [-0.39, 0.29) is 12.4 Å². The Hall–Kier alpha value is -0.820. The topological polar surface area (TPSA) is 55.8 Å². The third-order valence-electron chi connectivity index (χ3n) is 2.53. The first kappa shape index (κ1) is 12.6. The Morgan fingerprint density at radius 2 is 2.24 bits per heavy atom. The van der Waals surface area contributed by atoms with E-state index in [1.165, 1.54) is 18.9 Å². The molecular weight excluding hydrogens is 335 g/mol. The van der Waals surface area contributed by atoms with Crippen LogP contribution in [0.4, 0.5) is 0 Å². The van der Waals surface area contributed by atoms with Crippen LogP contribution >= 0.6 is 22.6 Å². The minimum Gasteiger partial charge on any atom is -0.478 e. The van der Waals surface area contributed by atoms with Crippen molar-refractivity contribution in [3.8, 4) is 5.75 Å². The highest BCUT2D eigenvalue weighted by Gasteiger charge is 2.21. The summed E-state index contributed by atoms with van der Waals surface area (Å²) in [5.74, 6) is 0.300. The van der Waals surface area contributed by atoms with E-state index >= 15 is 0 Å². The Balaban J connectivity index is 1.88. The molecular formula is C12H13IO4. The molecule has 5 heteroatoms. The van der Waals surface area contributed by atoms with Crippen molar-refractivity contribution in [1.29, 1.82) is 0 Å². The average Bonchev–Trinajstić information content (AvgIpc) is 3.10. The summed E-state index contributed by atoms with van der Waals surface area (Å²) in [6, 6.07) is 4.80. The normalized spacial score (nSPS) is 14.6. The van der Waals surface area contributed by atoms with Crippen molar-refractivity contribution in [1.82, 2.24) is 0 Å². The monoisotopic (exact) mass is 348 g/mol. The molecule has 0 aliphatic heterocycles. The molecule has 1 fully saturated rings. The Morgan fingerprint density at radius 3 is 2.88 bits per heavy atom. The molecule has 0 unspecified atom stereocenters. The summed E-state index contributed by atoms with van der Waals surface area (Å²) in [5.41, 5.74) is 0.225. The van der Waals surface area contributed by atoms with Gasteiger partial charge in [0.25, 0.3) is 0 Å². The summed E-state index contributed by atoms with van der Waals surface area (Å²) in [4.78, 5) is 10.8. The van der Waals surface area contributed by atoms with E-state index in [2.05, 4.69) is 22.6 Å². The lowest BCUT2D eigenvalue weighted by Crippen LogP contribution is -2.07. The average molecular weight is 348 g/mol. The number of hydrogen-bond donors (Lipinski definition) is 1. The number of benzene rings is 1. The predicted molar refractivity (Wildman–Crippen MR) is 70.3 cm³/mol. The molecule has 0 radical (unpaired) electrons. The maximum absolute atomic E-state index is 10.8. The van der Waals surface area contributed by atoms with Gasteiger partial charge in [0.2, 0.25) is 0 Å². The van der Waals surface area contributed by atoms with Gasteiger partial charge in [-0.3, -0.25) is 0 Å². The highest BCUT2D eigenvalue weighted by Crippen LogP contribution is 2.29. The molecule has 0 aromatic heterocycles. The fraction of sp³-hybridized carbons (Fsp3) is 0.417. The summed E-state index contributed by atoms with van der Waals surface area (Å²) in [7, 11) is 0. The van der Waals surface area contributed by atoms with Gasteiger partial charge in [-0.25, -0.2) is 4.79 Å². The summed E-state index contributed by atoms with van der Waals surface area (Å²) in [6.45, 7) is 0.908. The van der Waals surface area contributed by atoms with Crippen LogP contribution in [0.15, 0.2) is 18.2 Å². The Bertz CT molecular complexity index is 415. The molecule has 1 aliphatic carbocycles.